The van der Waals surface area contributed by atoms with Crippen LogP contribution in [0.25, 0.3) is 0 Å². The van der Waals surface area contributed by atoms with E-state index in [0.717, 1.165) is 54.6 Å². The molecule has 1 aromatic heterocycles. The zero-order valence-corrected chi connectivity index (χ0v) is 16.6. The van der Waals surface area contributed by atoms with Gasteiger partial charge in [0.1, 0.15) is 0 Å². The van der Waals surface area contributed by atoms with Crippen LogP contribution in [-0.4, -0.2) is 29.9 Å². The highest BCUT2D eigenvalue weighted by molar-refractivity contribution is 7.14. The fraction of sp³-hybridized carbons (Fsp3) is 0.455. The number of hydrogen-bond donors (Lipinski definition) is 0. The van der Waals surface area contributed by atoms with Gasteiger partial charge in [0, 0.05) is 18.0 Å². The van der Waals surface area contributed by atoms with Crippen molar-refractivity contribution in [3.8, 4) is 0 Å². The molecule has 1 saturated heterocycles. The number of aryl methyl sites for hydroxylation is 2. The van der Waals surface area contributed by atoms with E-state index in [1.807, 2.05) is 17.0 Å². The van der Waals surface area contributed by atoms with Crippen LogP contribution in [0.5, 0.6) is 0 Å². The number of urea groups is 1. The molecule has 1 fully saturated rings. The predicted octanol–water partition coefficient (Wildman–Crippen LogP) is 3.41. The van der Waals surface area contributed by atoms with Crippen LogP contribution in [0.3, 0.4) is 0 Å². The lowest BCUT2D eigenvalue weighted by Crippen LogP contribution is -2.39. The first-order valence-electron chi connectivity index (χ1n) is 10.2. The lowest BCUT2D eigenvalue weighted by molar-refractivity contribution is 0.0717. The molecular formula is C22H23N3O2S. The standard InChI is InChI=1S/C22H23N3O2S/c26-21(19-13-15-5-2-1-3-8-18(15)28-19)25-11-9-14(10-12-25)16-6-4-7-17-20(16)24-22(27)23-17/h4,6-7,13-14H,1-3,5,8-12H2. The fourth-order valence-electron chi connectivity index (χ4n) is 4.64. The Kier molecular flexibility index (Phi) is 4.59. The third-order valence-electron chi connectivity index (χ3n) is 6.15. The molecule has 144 valence electrons. The van der Waals surface area contributed by atoms with Gasteiger partial charge in [-0.15, -0.1) is 11.3 Å². The van der Waals surface area contributed by atoms with Crippen molar-refractivity contribution in [1.29, 1.82) is 0 Å². The quantitative estimate of drug-likeness (QED) is 0.734. The zero-order valence-electron chi connectivity index (χ0n) is 15.8. The van der Waals surface area contributed by atoms with Crippen LogP contribution in [-0.2, 0) is 12.8 Å². The molecule has 0 atom stereocenters. The van der Waals surface area contributed by atoms with Crippen molar-refractivity contribution in [3.63, 3.8) is 0 Å². The average molecular weight is 394 g/mol. The van der Waals surface area contributed by atoms with E-state index in [4.69, 9.17) is 0 Å². The minimum Gasteiger partial charge on any atom is -0.338 e. The number of hydrogen-bond acceptors (Lipinski definition) is 3. The second-order valence-corrected chi connectivity index (χ2v) is 9.04. The van der Waals surface area contributed by atoms with Crippen molar-refractivity contribution in [2.24, 2.45) is 9.98 Å². The van der Waals surface area contributed by atoms with Crippen molar-refractivity contribution in [2.75, 3.05) is 13.1 Å². The molecule has 2 aromatic rings. The van der Waals surface area contributed by atoms with Crippen LogP contribution in [0.1, 0.15) is 63.7 Å². The Balaban J connectivity index is 1.30. The van der Waals surface area contributed by atoms with Crippen LogP contribution in [0.15, 0.2) is 34.3 Å². The molecule has 5 nitrogen and oxygen atoms in total. The first-order valence-corrected chi connectivity index (χ1v) is 11.0. The van der Waals surface area contributed by atoms with E-state index < -0.39 is 6.03 Å². The van der Waals surface area contributed by atoms with Gasteiger partial charge in [0.05, 0.1) is 15.6 Å². The van der Waals surface area contributed by atoms with Crippen LogP contribution < -0.4 is 10.7 Å². The van der Waals surface area contributed by atoms with Gasteiger partial charge >= 0.3 is 6.03 Å². The van der Waals surface area contributed by atoms with Gasteiger partial charge in [-0.05, 0) is 67.7 Å². The summed E-state index contributed by atoms with van der Waals surface area (Å²) in [5.74, 6) is 0.508. The molecule has 3 heterocycles. The smallest absolute Gasteiger partial charge is 0.338 e. The third kappa shape index (κ3) is 3.20. The highest BCUT2D eigenvalue weighted by Crippen LogP contribution is 2.32. The van der Waals surface area contributed by atoms with Gasteiger partial charge in [-0.25, -0.2) is 4.79 Å². The number of thiophene rings is 1. The van der Waals surface area contributed by atoms with E-state index in [0.29, 0.717) is 11.3 Å². The molecule has 5 rings (SSSR count). The van der Waals surface area contributed by atoms with Gasteiger partial charge in [0.15, 0.2) is 0 Å². The van der Waals surface area contributed by atoms with Gasteiger partial charge in [-0.3, -0.25) is 4.79 Å². The van der Waals surface area contributed by atoms with E-state index in [1.54, 1.807) is 11.3 Å². The molecule has 0 N–H and O–H groups in total. The zero-order chi connectivity index (χ0) is 19.1. The summed E-state index contributed by atoms with van der Waals surface area (Å²) in [6.45, 7) is 1.50. The van der Waals surface area contributed by atoms with Crippen LogP contribution in [0.2, 0.25) is 0 Å². The summed E-state index contributed by atoms with van der Waals surface area (Å²) in [5, 5.41) is 1.42. The van der Waals surface area contributed by atoms with Gasteiger partial charge in [-0.1, -0.05) is 18.6 Å². The number of benzene rings is 1. The molecule has 0 radical (unpaired) electrons. The van der Waals surface area contributed by atoms with E-state index in [2.05, 4.69) is 22.1 Å². The normalized spacial score (nSPS) is 19.4. The van der Waals surface area contributed by atoms with Crippen LogP contribution in [0.4, 0.5) is 4.79 Å². The summed E-state index contributed by atoms with van der Waals surface area (Å²) in [5.41, 5.74) is 2.50. The summed E-state index contributed by atoms with van der Waals surface area (Å²) < 4.78 is 0. The molecule has 0 bridgehead atoms. The molecule has 2 aliphatic heterocycles. The molecule has 1 aliphatic carbocycles. The number of likely N-dealkylation sites (tertiary alicyclic amines) is 1. The van der Waals surface area contributed by atoms with Gasteiger partial charge < -0.3 is 4.90 Å². The first kappa shape index (κ1) is 17.7. The minimum absolute atomic E-state index is 0.185. The summed E-state index contributed by atoms with van der Waals surface area (Å²) in [7, 11) is 0. The average Bonchev–Trinajstić information content (AvgIpc) is 3.23. The molecule has 3 aliphatic rings. The van der Waals surface area contributed by atoms with Crippen molar-refractivity contribution < 1.29 is 9.59 Å². The SMILES string of the molecule is O=C1N=c2cccc(C3CCN(C(=O)c4cc5c(s4)CCCCC5)CC3)c2=N1. The Bertz CT molecular complexity index is 1040. The van der Waals surface area contributed by atoms with E-state index in [-0.39, 0.29) is 5.91 Å². The van der Waals surface area contributed by atoms with E-state index in [1.165, 1.54) is 29.7 Å². The molecule has 6 heteroatoms. The minimum atomic E-state index is -0.410. The number of piperidine rings is 1. The van der Waals surface area contributed by atoms with Gasteiger partial charge in [0.25, 0.3) is 5.91 Å². The number of carbonyl (C=O) groups excluding carboxylic acids is 2. The first-order chi connectivity index (χ1) is 13.7. The Hall–Kier alpha value is -2.34. The maximum atomic E-state index is 13.0. The van der Waals surface area contributed by atoms with Crippen LogP contribution in [0, 0.1) is 0 Å². The molecule has 0 unspecified atom stereocenters. The Morgan fingerprint density at radius 1 is 1.07 bits per heavy atom. The van der Waals surface area contributed by atoms with Gasteiger partial charge in [-0.2, -0.15) is 9.98 Å². The Labute approximate surface area is 167 Å². The maximum Gasteiger partial charge on any atom is 0.368 e. The molecular weight excluding hydrogens is 370 g/mol. The maximum absolute atomic E-state index is 13.0. The predicted molar refractivity (Wildman–Crippen MR) is 108 cm³/mol. The van der Waals surface area contributed by atoms with E-state index >= 15 is 0 Å². The number of amides is 3. The molecule has 1 aromatic carbocycles. The molecule has 28 heavy (non-hydrogen) atoms. The Morgan fingerprint density at radius 2 is 1.89 bits per heavy atom. The number of carbonyl (C=O) groups is 2. The highest BCUT2D eigenvalue weighted by atomic mass is 32.1. The Morgan fingerprint density at radius 3 is 2.75 bits per heavy atom. The number of para-hydroxylation sites is 1. The molecule has 3 amide bonds. The van der Waals surface area contributed by atoms with Crippen molar-refractivity contribution >= 4 is 23.3 Å². The van der Waals surface area contributed by atoms with Crippen molar-refractivity contribution in [2.45, 2.75) is 50.9 Å². The van der Waals surface area contributed by atoms with E-state index in [9.17, 15) is 9.59 Å². The second kappa shape index (κ2) is 7.24. The fourth-order valence-corrected chi connectivity index (χ4v) is 5.86. The largest absolute Gasteiger partial charge is 0.368 e. The van der Waals surface area contributed by atoms with Crippen LogP contribution >= 0.6 is 11.3 Å². The third-order valence-corrected chi connectivity index (χ3v) is 7.37. The molecule has 0 saturated carbocycles. The number of rotatable bonds is 2. The summed E-state index contributed by atoms with van der Waals surface area (Å²) in [4.78, 5) is 37.0. The summed E-state index contributed by atoms with van der Waals surface area (Å²) in [6.07, 6.45) is 7.83. The van der Waals surface area contributed by atoms with Crippen molar-refractivity contribution in [1.82, 2.24) is 4.90 Å². The lowest BCUT2D eigenvalue weighted by Gasteiger charge is -2.32. The highest BCUT2D eigenvalue weighted by Gasteiger charge is 2.28. The second-order valence-electron chi connectivity index (χ2n) is 7.91. The summed E-state index contributed by atoms with van der Waals surface area (Å²) >= 11 is 1.71. The topological polar surface area (TPSA) is 62.1 Å². The lowest BCUT2D eigenvalue weighted by atomic mass is 9.89. The number of fused-ring (bicyclic) bond motifs is 2. The summed E-state index contributed by atoms with van der Waals surface area (Å²) in [6, 6.07) is 7.58. The van der Waals surface area contributed by atoms with Gasteiger partial charge in [0.2, 0.25) is 0 Å². The van der Waals surface area contributed by atoms with Crippen molar-refractivity contribution in [3.05, 3.63) is 55.9 Å². The number of nitrogens with zero attached hydrogens (tertiary/aromatic N) is 3. The monoisotopic (exact) mass is 393 g/mol. The molecule has 0 spiro atoms.